The lowest BCUT2D eigenvalue weighted by Gasteiger charge is -2.16. The summed E-state index contributed by atoms with van der Waals surface area (Å²) in [5.41, 5.74) is 2.88. The van der Waals surface area contributed by atoms with Crippen LogP contribution in [0.15, 0.2) is 18.2 Å². The molecule has 1 aromatic carbocycles. The minimum Gasteiger partial charge on any atom is -0.494 e. The van der Waals surface area contributed by atoms with Gasteiger partial charge in [-0.15, -0.1) is 0 Å². The molecule has 0 aromatic heterocycles. The molecule has 16 heavy (non-hydrogen) atoms. The van der Waals surface area contributed by atoms with Crippen LogP contribution in [0.3, 0.4) is 0 Å². The van der Waals surface area contributed by atoms with Crippen LogP contribution < -0.4 is 4.74 Å². The lowest BCUT2D eigenvalue weighted by molar-refractivity contribution is 0.339. The fourth-order valence-corrected chi connectivity index (χ4v) is 2.63. The maximum absolute atomic E-state index is 5.53. The van der Waals surface area contributed by atoms with Crippen molar-refractivity contribution in [1.82, 2.24) is 0 Å². The van der Waals surface area contributed by atoms with Crippen molar-refractivity contribution in [3.8, 4) is 5.75 Å². The SMILES string of the molecule is CCOc1ccc(C(C)CCBr)c(CC)c1. The van der Waals surface area contributed by atoms with Crippen LogP contribution in [0.1, 0.15) is 44.2 Å². The van der Waals surface area contributed by atoms with Crippen molar-refractivity contribution in [2.24, 2.45) is 0 Å². The van der Waals surface area contributed by atoms with Crippen LogP contribution in [0.5, 0.6) is 5.75 Å². The second kappa shape index (κ2) is 6.95. The first-order valence-electron chi connectivity index (χ1n) is 6.04. The molecule has 2 heteroatoms. The number of rotatable bonds is 6. The van der Waals surface area contributed by atoms with E-state index in [4.69, 9.17) is 4.74 Å². The van der Waals surface area contributed by atoms with Gasteiger partial charge in [-0.05, 0) is 48.9 Å². The molecule has 0 amide bonds. The van der Waals surface area contributed by atoms with E-state index in [0.717, 1.165) is 24.1 Å². The Kier molecular flexibility index (Phi) is 5.89. The third-order valence-corrected chi connectivity index (χ3v) is 3.34. The van der Waals surface area contributed by atoms with Crippen molar-refractivity contribution >= 4 is 15.9 Å². The van der Waals surface area contributed by atoms with E-state index in [1.165, 1.54) is 17.5 Å². The zero-order valence-electron chi connectivity index (χ0n) is 10.4. The fourth-order valence-electron chi connectivity index (χ4n) is 1.94. The predicted molar refractivity (Wildman–Crippen MR) is 73.8 cm³/mol. The first-order chi connectivity index (χ1) is 7.72. The second-order valence-corrected chi connectivity index (χ2v) is 4.82. The number of hydrogen-bond donors (Lipinski definition) is 0. The number of alkyl halides is 1. The van der Waals surface area contributed by atoms with Crippen LogP contribution in [-0.4, -0.2) is 11.9 Å². The van der Waals surface area contributed by atoms with Crippen molar-refractivity contribution in [3.63, 3.8) is 0 Å². The molecule has 1 atom stereocenters. The van der Waals surface area contributed by atoms with Crippen LogP contribution in [0.2, 0.25) is 0 Å². The summed E-state index contributed by atoms with van der Waals surface area (Å²) >= 11 is 3.51. The lowest BCUT2D eigenvalue weighted by atomic mass is 9.92. The van der Waals surface area contributed by atoms with Gasteiger partial charge in [0.25, 0.3) is 0 Å². The zero-order valence-corrected chi connectivity index (χ0v) is 12.0. The molecule has 0 spiro atoms. The largest absolute Gasteiger partial charge is 0.494 e. The highest BCUT2D eigenvalue weighted by Gasteiger charge is 2.10. The van der Waals surface area contributed by atoms with Crippen LogP contribution in [0, 0.1) is 0 Å². The molecule has 1 rings (SSSR count). The van der Waals surface area contributed by atoms with E-state index in [1.54, 1.807) is 0 Å². The Balaban J connectivity index is 2.92. The van der Waals surface area contributed by atoms with Crippen LogP contribution >= 0.6 is 15.9 Å². The van der Waals surface area contributed by atoms with E-state index in [1.807, 2.05) is 6.92 Å². The summed E-state index contributed by atoms with van der Waals surface area (Å²) in [6, 6.07) is 6.49. The Morgan fingerprint density at radius 3 is 2.62 bits per heavy atom. The number of halogens is 1. The zero-order chi connectivity index (χ0) is 12.0. The molecular weight excluding hydrogens is 264 g/mol. The summed E-state index contributed by atoms with van der Waals surface area (Å²) in [6.45, 7) is 7.25. The molecule has 0 N–H and O–H groups in total. The van der Waals surface area contributed by atoms with E-state index in [-0.39, 0.29) is 0 Å². The summed E-state index contributed by atoms with van der Waals surface area (Å²) in [5, 5.41) is 1.06. The van der Waals surface area contributed by atoms with E-state index >= 15 is 0 Å². The van der Waals surface area contributed by atoms with Crippen molar-refractivity contribution < 1.29 is 4.74 Å². The van der Waals surface area contributed by atoms with Gasteiger partial charge >= 0.3 is 0 Å². The number of aryl methyl sites for hydroxylation is 1. The second-order valence-electron chi connectivity index (χ2n) is 4.03. The maximum atomic E-state index is 5.53. The molecule has 0 radical (unpaired) electrons. The van der Waals surface area contributed by atoms with Crippen LogP contribution in [-0.2, 0) is 6.42 Å². The molecule has 0 bridgehead atoms. The standard InChI is InChI=1S/C14H21BrO/c1-4-12-10-13(16-5-2)6-7-14(12)11(3)8-9-15/h6-7,10-11H,4-5,8-9H2,1-3H3. The fraction of sp³-hybridized carbons (Fsp3) is 0.571. The average Bonchev–Trinajstić information content (AvgIpc) is 2.29. The predicted octanol–water partition coefficient (Wildman–Crippen LogP) is 4.54. The molecule has 0 fully saturated rings. The van der Waals surface area contributed by atoms with Gasteiger partial charge in [0.15, 0.2) is 0 Å². The van der Waals surface area contributed by atoms with Gasteiger partial charge in [0.05, 0.1) is 6.61 Å². The van der Waals surface area contributed by atoms with Crippen molar-refractivity contribution in [1.29, 1.82) is 0 Å². The molecule has 0 aliphatic rings. The molecule has 0 heterocycles. The van der Waals surface area contributed by atoms with Crippen LogP contribution in [0.25, 0.3) is 0 Å². The van der Waals surface area contributed by atoms with Gasteiger partial charge < -0.3 is 4.74 Å². The molecular formula is C14H21BrO. The van der Waals surface area contributed by atoms with Crippen molar-refractivity contribution in [3.05, 3.63) is 29.3 Å². The van der Waals surface area contributed by atoms with Gasteiger partial charge in [-0.2, -0.15) is 0 Å². The summed E-state index contributed by atoms with van der Waals surface area (Å²) in [4.78, 5) is 0. The third-order valence-electron chi connectivity index (χ3n) is 2.88. The summed E-state index contributed by atoms with van der Waals surface area (Å²) < 4.78 is 5.53. The molecule has 0 aliphatic carbocycles. The highest BCUT2D eigenvalue weighted by atomic mass is 79.9. The summed E-state index contributed by atoms with van der Waals surface area (Å²) in [6.07, 6.45) is 2.25. The minimum absolute atomic E-state index is 0.616. The monoisotopic (exact) mass is 284 g/mol. The minimum atomic E-state index is 0.616. The van der Waals surface area contributed by atoms with Gasteiger partial charge in [0.2, 0.25) is 0 Å². The van der Waals surface area contributed by atoms with E-state index in [9.17, 15) is 0 Å². The van der Waals surface area contributed by atoms with E-state index in [2.05, 4.69) is 48.0 Å². The Hall–Kier alpha value is -0.500. The molecule has 0 saturated heterocycles. The highest BCUT2D eigenvalue weighted by Crippen LogP contribution is 2.27. The highest BCUT2D eigenvalue weighted by molar-refractivity contribution is 9.09. The summed E-state index contributed by atoms with van der Waals surface area (Å²) in [7, 11) is 0. The molecule has 90 valence electrons. The Bertz CT molecular complexity index is 323. The van der Waals surface area contributed by atoms with Crippen molar-refractivity contribution in [2.45, 2.75) is 39.5 Å². The number of ether oxygens (including phenoxy) is 1. The molecule has 1 aromatic rings. The molecule has 0 saturated carbocycles. The number of benzene rings is 1. The third kappa shape index (κ3) is 3.51. The average molecular weight is 285 g/mol. The first-order valence-corrected chi connectivity index (χ1v) is 7.16. The number of hydrogen-bond acceptors (Lipinski definition) is 1. The summed E-state index contributed by atoms with van der Waals surface area (Å²) in [5.74, 6) is 1.61. The van der Waals surface area contributed by atoms with Crippen LogP contribution in [0.4, 0.5) is 0 Å². The smallest absolute Gasteiger partial charge is 0.119 e. The van der Waals surface area contributed by atoms with Gasteiger partial charge in [-0.1, -0.05) is 35.8 Å². The van der Waals surface area contributed by atoms with Gasteiger partial charge in [0.1, 0.15) is 5.75 Å². The van der Waals surface area contributed by atoms with E-state index in [0.29, 0.717) is 5.92 Å². The maximum Gasteiger partial charge on any atom is 0.119 e. The topological polar surface area (TPSA) is 9.23 Å². The van der Waals surface area contributed by atoms with Gasteiger partial charge in [-0.3, -0.25) is 0 Å². The molecule has 0 aliphatic heterocycles. The Labute approximate surface area is 107 Å². The molecule has 1 nitrogen and oxygen atoms in total. The quantitative estimate of drug-likeness (QED) is 0.697. The van der Waals surface area contributed by atoms with Gasteiger partial charge in [-0.25, -0.2) is 0 Å². The Morgan fingerprint density at radius 2 is 2.06 bits per heavy atom. The lowest BCUT2D eigenvalue weighted by Crippen LogP contribution is -2.01. The Morgan fingerprint density at radius 1 is 1.31 bits per heavy atom. The van der Waals surface area contributed by atoms with Crippen molar-refractivity contribution in [2.75, 3.05) is 11.9 Å². The normalized spacial score (nSPS) is 12.5. The first kappa shape index (κ1) is 13.6. The van der Waals surface area contributed by atoms with Gasteiger partial charge in [0, 0.05) is 5.33 Å². The van der Waals surface area contributed by atoms with E-state index < -0.39 is 0 Å². The molecule has 1 unspecified atom stereocenters.